The van der Waals surface area contributed by atoms with E-state index < -0.39 is 21.5 Å². The van der Waals surface area contributed by atoms with Crippen molar-refractivity contribution in [2.45, 2.75) is 36.4 Å². The molecule has 7 heteroatoms. The first-order chi connectivity index (χ1) is 8.25. The molecule has 0 amide bonds. The Morgan fingerprint density at radius 2 is 2.11 bits per heavy atom. The minimum atomic E-state index is -3.57. The van der Waals surface area contributed by atoms with Crippen LogP contribution in [0.1, 0.15) is 36.4 Å². The summed E-state index contributed by atoms with van der Waals surface area (Å²) in [7, 11) is -3.57. The van der Waals surface area contributed by atoms with Gasteiger partial charge < -0.3 is 5.11 Å². The number of hydrogen-bond donors (Lipinski definition) is 1. The molecule has 1 aromatic rings. The molecule has 2 heterocycles. The number of carboxylic acids is 1. The van der Waals surface area contributed by atoms with Gasteiger partial charge in [0.15, 0.2) is 0 Å². The molecule has 0 bridgehead atoms. The maximum Gasteiger partial charge on any atom is 0.345 e. The lowest BCUT2D eigenvalue weighted by Gasteiger charge is -2.29. The van der Waals surface area contributed by atoms with Crippen LogP contribution >= 0.6 is 11.3 Å². The first-order valence-corrected chi connectivity index (χ1v) is 7.87. The fraction of sp³-hybridized carbons (Fsp3) is 0.545. The standard InChI is InChI=1S/C11H15NO4S2/c1-11(2)6-3-7-12(11)18(15,16)9-5-4-8(17-9)10(13)14/h4-5H,3,6-7H2,1-2H3,(H,13,14). The molecule has 1 N–H and O–H groups in total. The van der Waals surface area contributed by atoms with Crippen molar-refractivity contribution < 1.29 is 18.3 Å². The number of aromatic carboxylic acids is 1. The molecule has 0 saturated carbocycles. The molecule has 0 spiro atoms. The summed E-state index contributed by atoms with van der Waals surface area (Å²) in [6.45, 7) is 4.28. The van der Waals surface area contributed by atoms with Gasteiger partial charge in [0, 0.05) is 12.1 Å². The van der Waals surface area contributed by atoms with Crippen molar-refractivity contribution in [3.05, 3.63) is 17.0 Å². The number of rotatable bonds is 3. The number of carbonyl (C=O) groups is 1. The van der Waals surface area contributed by atoms with Crippen LogP contribution in [0.15, 0.2) is 16.3 Å². The van der Waals surface area contributed by atoms with Crippen molar-refractivity contribution in [1.29, 1.82) is 0 Å². The first-order valence-electron chi connectivity index (χ1n) is 5.61. The summed E-state index contributed by atoms with van der Waals surface area (Å²) in [5.74, 6) is -1.10. The van der Waals surface area contributed by atoms with E-state index in [1.165, 1.54) is 16.4 Å². The van der Waals surface area contributed by atoms with Crippen LogP contribution in [0.25, 0.3) is 0 Å². The van der Waals surface area contributed by atoms with Gasteiger partial charge in [-0.2, -0.15) is 4.31 Å². The second kappa shape index (κ2) is 4.32. The Labute approximate surface area is 110 Å². The van der Waals surface area contributed by atoms with E-state index in [-0.39, 0.29) is 9.09 Å². The predicted molar refractivity (Wildman–Crippen MR) is 68.5 cm³/mol. The Balaban J connectivity index is 2.39. The third-order valence-corrected chi connectivity index (χ3v) is 6.81. The van der Waals surface area contributed by atoms with E-state index in [2.05, 4.69) is 0 Å². The van der Waals surface area contributed by atoms with Crippen molar-refractivity contribution in [3.63, 3.8) is 0 Å². The molecule has 1 aliphatic rings. The van der Waals surface area contributed by atoms with Gasteiger partial charge in [0.1, 0.15) is 9.09 Å². The number of hydrogen-bond acceptors (Lipinski definition) is 4. The molecular formula is C11H15NO4S2. The number of nitrogens with zero attached hydrogens (tertiary/aromatic N) is 1. The van der Waals surface area contributed by atoms with Crippen LogP contribution < -0.4 is 0 Å². The minimum Gasteiger partial charge on any atom is -0.477 e. The Kier molecular flexibility index (Phi) is 3.25. The van der Waals surface area contributed by atoms with Crippen LogP contribution in [0.3, 0.4) is 0 Å². The molecule has 0 atom stereocenters. The summed E-state index contributed by atoms with van der Waals surface area (Å²) in [5, 5.41) is 8.83. The summed E-state index contributed by atoms with van der Waals surface area (Å²) in [5.41, 5.74) is -0.397. The molecule has 0 aliphatic carbocycles. The molecule has 0 unspecified atom stereocenters. The largest absolute Gasteiger partial charge is 0.477 e. The van der Waals surface area contributed by atoms with Gasteiger partial charge in [0.25, 0.3) is 10.0 Å². The lowest BCUT2D eigenvalue weighted by molar-refractivity contribution is 0.0702. The smallest absolute Gasteiger partial charge is 0.345 e. The highest BCUT2D eigenvalue weighted by molar-refractivity contribution is 7.91. The summed E-state index contributed by atoms with van der Waals surface area (Å²) < 4.78 is 26.4. The van der Waals surface area contributed by atoms with Crippen LogP contribution in [0, 0.1) is 0 Å². The number of sulfonamides is 1. The van der Waals surface area contributed by atoms with Gasteiger partial charge in [0.05, 0.1) is 0 Å². The van der Waals surface area contributed by atoms with E-state index in [1.807, 2.05) is 13.8 Å². The summed E-state index contributed by atoms with van der Waals surface area (Å²) >= 11 is 0.806. The van der Waals surface area contributed by atoms with Crippen LogP contribution in [0.2, 0.25) is 0 Å². The maximum atomic E-state index is 12.4. The molecule has 5 nitrogen and oxygen atoms in total. The van der Waals surface area contributed by atoms with Crippen LogP contribution in [0.4, 0.5) is 0 Å². The Bertz CT molecular complexity index is 574. The zero-order chi connectivity index (χ0) is 13.6. The molecule has 0 radical (unpaired) electrons. The zero-order valence-corrected chi connectivity index (χ0v) is 11.8. The quantitative estimate of drug-likeness (QED) is 0.923. The molecule has 18 heavy (non-hydrogen) atoms. The van der Waals surface area contributed by atoms with Crippen molar-refractivity contribution in [2.75, 3.05) is 6.54 Å². The van der Waals surface area contributed by atoms with Gasteiger partial charge in [-0.15, -0.1) is 11.3 Å². The second-order valence-electron chi connectivity index (χ2n) is 4.92. The van der Waals surface area contributed by atoms with E-state index in [0.717, 1.165) is 24.2 Å². The molecule has 1 aromatic heterocycles. The number of carboxylic acid groups (broad SMARTS) is 1. The molecule has 2 rings (SSSR count). The SMILES string of the molecule is CC1(C)CCCN1S(=O)(=O)c1ccc(C(=O)O)s1. The van der Waals surface area contributed by atoms with E-state index in [1.54, 1.807) is 0 Å². The third kappa shape index (κ3) is 2.17. The van der Waals surface area contributed by atoms with Crippen LogP contribution in [-0.4, -0.2) is 35.9 Å². The van der Waals surface area contributed by atoms with Gasteiger partial charge >= 0.3 is 5.97 Å². The molecule has 1 saturated heterocycles. The van der Waals surface area contributed by atoms with Gasteiger partial charge in [0.2, 0.25) is 0 Å². The van der Waals surface area contributed by atoms with Crippen molar-refractivity contribution >= 4 is 27.3 Å². The molecular weight excluding hydrogens is 274 g/mol. The lowest BCUT2D eigenvalue weighted by atomic mass is 10.0. The van der Waals surface area contributed by atoms with Crippen molar-refractivity contribution in [1.82, 2.24) is 4.31 Å². The van der Waals surface area contributed by atoms with Gasteiger partial charge in [-0.3, -0.25) is 0 Å². The highest BCUT2D eigenvalue weighted by atomic mass is 32.2. The zero-order valence-electron chi connectivity index (χ0n) is 10.2. The normalized spacial score (nSPS) is 20.1. The molecule has 100 valence electrons. The predicted octanol–water partition coefficient (Wildman–Crippen LogP) is 2.01. The van der Waals surface area contributed by atoms with Crippen LogP contribution in [-0.2, 0) is 10.0 Å². The number of thiophene rings is 1. The topological polar surface area (TPSA) is 74.7 Å². The average molecular weight is 289 g/mol. The molecule has 0 aromatic carbocycles. The van der Waals surface area contributed by atoms with E-state index >= 15 is 0 Å². The first kappa shape index (κ1) is 13.5. The molecule has 1 fully saturated rings. The third-order valence-electron chi connectivity index (χ3n) is 3.16. The van der Waals surface area contributed by atoms with E-state index in [4.69, 9.17) is 5.11 Å². The Hall–Kier alpha value is -0.920. The Morgan fingerprint density at radius 3 is 2.56 bits per heavy atom. The van der Waals surface area contributed by atoms with Crippen molar-refractivity contribution in [2.24, 2.45) is 0 Å². The monoisotopic (exact) mass is 289 g/mol. The van der Waals surface area contributed by atoms with Crippen LogP contribution in [0.5, 0.6) is 0 Å². The average Bonchev–Trinajstić information content (AvgIpc) is 2.83. The maximum absolute atomic E-state index is 12.4. The van der Waals surface area contributed by atoms with E-state index in [9.17, 15) is 13.2 Å². The molecule has 1 aliphatic heterocycles. The second-order valence-corrected chi connectivity index (χ2v) is 8.09. The summed E-state index contributed by atoms with van der Waals surface area (Å²) in [6, 6.07) is 2.71. The Morgan fingerprint density at radius 1 is 1.44 bits per heavy atom. The van der Waals surface area contributed by atoms with E-state index in [0.29, 0.717) is 6.54 Å². The minimum absolute atomic E-state index is 0.0468. The fourth-order valence-electron chi connectivity index (χ4n) is 2.21. The van der Waals surface area contributed by atoms with Gasteiger partial charge in [-0.25, -0.2) is 13.2 Å². The van der Waals surface area contributed by atoms with Gasteiger partial charge in [-0.05, 0) is 38.8 Å². The fourth-order valence-corrected chi connectivity index (χ4v) is 5.32. The lowest BCUT2D eigenvalue weighted by Crippen LogP contribution is -2.42. The van der Waals surface area contributed by atoms with Gasteiger partial charge in [-0.1, -0.05) is 0 Å². The summed E-state index contributed by atoms with van der Waals surface area (Å²) in [6.07, 6.45) is 1.66. The summed E-state index contributed by atoms with van der Waals surface area (Å²) in [4.78, 5) is 10.8. The highest BCUT2D eigenvalue weighted by Crippen LogP contribution is 2.35. The van der Waals surface area contributed by atoms with Crippen molar-refractivity contribution in [3.8, 4) is 0 Å². The highest BCUT2D eigenvalue weighted by Gasteiger charge is 2.41.